The number of rotatable bonds is 10. The molecule has 0 aliphatic heterocycles. The molecule has 0 saturated heterocycles. The maximum Gasteiger partial charge on any atom is 0.243 e. The summed E-state index contributed by atoms with van der Waals surface area (Å²) >= 11 is 3.97. The summed E-state index contributed by atoms with van der Waals surface area (Å²) in [4.78, 5) is 35.5. The molecule has 8 heteroatoms. The van der Waals surface area contributed by atoms with Gasteiger partial charge in [-0.25, -0.2) is 0 Å². The van der Waals surface area contributed by atoms with Crippen molar-refractivity contribution in [2.45, 2.75) is 58.2 Å². The van der Waals surface area contributed by atoms with Crippen LogP contribution in [0, 0.1) is 5.92 Å². The monoisotopic (exact) mass is 332 g/mol. The molecular weight excluding hydrogens is 304 g/mol. The van der Waals surface area contributed by atoms with Crippen molar-refractivity contribution >= 4 is 30.4 Å². The van der Waals surface area contributed by atoms with Gasteiger partial charge in [0.2, 0.25) is 17.7 Å². The smallest absolute Gasteiger partial charge is 0.243 e. The van der Waals surface area contributed by atoms with Gasteiger partial charge in [0.1, 0.15) is 12.1 Å². The van der Waals surface area contributed by atoms with Crippen molar-refractivity contribution in [1.82, 2.24) is 10.6 Å². The number of amides is 3. The molecule has 0 rings (SSSR count). The molecule has 6 N–H and O–H groups in total. The van der Waals surface area contributed by atoms with E-state index in [-0.39, 0.29) is 17.6 Å². The third kappa shape index (κ3) is 6.65. The highest BCUT2D eigenvalue weighted by Crippen LogP contribution is 2.07. The van der Waals surface area contributed by atoms with Crippen LogP contribution in [0.25, 0.3) is 0 Å². The Kier molecular flexibility index (Phi) is 9.84. The van der Waals surface area contributed by atoms with Crippen molar-refractivity contribution in [3.05, 3.63) is 0 Å². The highest BCUT2D eigenvalue weighted by Gasteiger charge is 2.27. The molecule has 0 aliphatic rings. The molecule has 0 spiro atoms. The van der Waals surface area contributed by atoms with E-state index in [1.54, 1.807) is 0 Å². The maximum absolute atomic E-state index is 12.2. The van der Waals surface area contributed by atoms with Crippen LogP contribution in [0.1, 0.15) is 40.0 Å². The van der Waals surface area contributed by atoms with Gasteiger partial charge in [0.25, 0.3) is 0 Å². The number of thiol groups is 1. The molecule has 0 heterocycles. The molecule has 0 fully saturated rings. The number of hydrogen-bond donors (Lipinski definition) is 5. The molecule has 0 aliphatic carbocycles. The van der Waals surface area contributed by atoms with Gasteiger partial charge in [0.15, 0.2) is 0 Å². The minimum absolute atomic E-state index is 0.0150. The average molecular weight is 332 g/mol. The third-order valence-electron chi connectivity index (χ3n) is 3.61. The van der Waals surface area contributed by atoms with Crippen LogP contribution >= 0.6 is 12.6 Å². The molecule has 0 aromatic carbocycles. The summed E-state index contributed by atoms with van der Waals surface area (Å²) in [5.74, 6) is -1.38. The lowest BCUT2D eigenvalue weighted by atomic mass is 9.98. The topological polar surface area (TPSA) is 127 Å². The van der Waals surface area contributed by atoms with Crippen molar-refractivity contribution in [3.63, 3.8) is 0 Å². The second-order valence-corrected chi connectivity index (χ2v) is 5.77. The summed E-state index contributed by atoms with van der Waals surface area (Å²) < 4.78 is 0. The Hall–Kier alpha value is -1.28. The van der Waals surface area contributed by atoms with Crippen molar-refractivity contribution < 1.29 is 14.4 Å². The van der Waals surface area contributed by atoms with Gasteiger partial charge in [-0.05, 0) is 12.3 Å². The lowest BCUT2D eigenvalue weighted by Gasteiger charge is -2.24. The van der Waals surface area contributed by atoms with Crippen LogP contribution in [0.3, 0.4) is 0 Å². The number of carbonyl (C=O) groups is 3. The van der Waals surface area contributed by atoms with Crippen LogP contribution in [0.5, 0.6) is 0 Å². The Morgan fingerprint density at radius 3 is 2.05 bits per heavy atom. The first-order valence-electron chi connectivity index (χ1n) is 7.54. The SMILES string of the molecule is CCC[C@H](NC(=O)[C@@H](N)[C@@H](C)CC)C(=O)N[C@@H](CS)C(N)=O. The zero-order valence-electron chi connectivity index (χ0n) is 13.5. The van der Waals surface area contributed by atoms with Crippen LogP contribution in [0.4, 0.5) is 0 Å². The fourth-order valence-corrected chi connectivity index (χ4v) is 2.09. The second kappa shape index (κ2) is 10.4. The van der Waals surface area contributed by atoms with E-state index in [0.717, 1.165) is 6.42 Å². The summed E-state index contributed by atoms with van der Waals surface area (Å²) in [6.07, 6.45) is 1.91. The minimum atomic E-state index is -0.865. The molecule has 22 heavy (non-hydrogen) atoms. The number of nitrogens with two attached hydrogens (primary N) is 2. The van der Waals surface area contributed by atoms with E-state index in [1.807, 2.05) is 20.8 Å². The first-order chi connectivity index (χ1) is 10.3. The van der Waals surface area contributed by atoms with Crippen molar-refractivity contribution in [1.29, 1.82) is 0 Å². The zero-order chi connectivity index (χ0) is 17.3. The quantitative estimate of drug-likeness (QED) is 0.347. The van der Waals surface area contributed by atoms with Gasteiger partial charge >= 0.3 is 0 Å². The average Bonchev–Trinajstić information content (AvgIpc) is 2.49. The lowest BCUT2D eigenvalue weighted by molar-refractivity contribution is -0.132. The summed E-state index contributed by atoms with van der Waals surface area (Å²) in [6.45, 7) is 5.71. The van der Waals surface area contributed by atoms with Crippen molar-refractivity contribution in [2.24, 2.45) is 17.4 Å². The molecular formula is C14H28N4O3S. The van der Waals surface area contributed by atoms with Gasteiger partial charge in [-0.2, -0.15) is 12.6 Å². The summed E-state index contributed by atoms with van der Waals surface area (Å²) in [5, 5.41) is 5.14. The number of primary amides is 1. The predicted octanol–water partition coefficient (Wildman–Crippen LogP) is -0.455. The van der Waals surface area contributed by atoms with Gasteiger partial charge in [0.05, 0.1) is 6.04 Å². The molecule has 7 nitrogen and oxygen atoms in total. The van der Waals surface area contributed by atoms with Gasteiger partial charge in [0, 0.05) is 5.75 Å². The van der Waals surface area contributed by atoms with Crippen LogP contribution in [-0.4, -0.2) is 41.6 Å². The van der Waals surface area contributed by atoms with E-state index in [2.05, 4.69) is 23.3 Å². The Labute approximate surface area is 137 Å². The maximum atomic E-state index is 12.2. The Balaban J connectivity index is 4.81. The molecule has 3 amide bonds. The summed E-state index contributed by atoms with van der Waals surface area (Å²) in [6, 6.07) is -2.28. The first kappa shape index (κ1) is 20.7. The molecule has 0 bridgehead atoms. The van der Waals surface area contributed by atoms with E-state index < -0.39 is 29.9 Å². The van der Waals surface area contributed by atoms with Crippen LogP contribution in [0.15, 0.2) is 0 Å². The van der Waals surface area contributed by atoms with E-state index >= 15 is 0 Å². The molecule has 0 saturated carbocycles. The molecule has 4 atom stereocenters. The first-order valence-corrected chi connectivity index (χ1v) is 8.18. The largest absolute Gasteiger partial charge is 0.368 e. The molecule has 128 valence electrons. The van der Waals surface area contributed by atoms with Crippen LogP contribution < -0.4 is 22.1 Å². The normalized spacial score (nSPS) is 16.2. The lowest BCUT2D eigenvalue weighted by Crippen LogP contribution is -2.56. The Bertz CT molecular complexity index is 392. The molecule has 0 aromatic rings. The van der Waals surface area contributed by atoms with Gasteiger partial charge in [-0.3, -0.25) is 14.4 Å². The van der Waals surface area contributed by atoms with Crippen LogP contribution in [-0.2, 0) is 14.4 Å². The zero-order valence-corrected chi connectivity index (χ0v) is 14.4. The highest BCUT2D eigenvalue weighted by atomic mass is 32.1. The fourth-order valence-electron chi connectivity index (χ4n) is 1.82. The number of carbonyl (C=O) groups excluding carboxylic acids is 3. The Morgan fingerprint density at radius 1 is 1.09 bits per heavy atom. The molecule has 0 aromatic heterocycles. The highest BCUT2D eigenvalue weighted by molar-refractivity contribution is 7.80. The third-order valence-corrected chi connectivity index (χ3v) is 3.98. The van der Waals surface area contributed by atoms with E-state index in [4.69, 9.17) is 11.5 Å². The van der Waals surface area contributed by atoms with Crippen molar-refractivity contribution in [3.8, 4) is 0 Å². The van der Waals surface area contributed by atoms with Crippen molar-refractivity contribution in [2.75, 3.05) is 5.75 Å². The van der Waals surface area contributed by atoms with Gasteiger partial charge in [-0.1, -0.05) is 33.6 Å². The van der Waals surface area contributed by atoms with Gasteiger partial charge < -0.3 is 22.1 Å². The van der Waals surface area contributed by atoms with Gasteiger partial charge in [-0.15, -0.1) is 0 Å². The van der Waals surface area contributed by atoms with E-state index in [9.17, 15) is 14.4 Å². The number of nitrogens with one attached hydrogen (secondary N) is 2. The Morgan fingerprint density at radius 2 is 1.64 bits per heavy atom. The molecule has 0 unspecified atom stereocenters. The predicted molar refractivity (Wildman–Crippen MR) is 89.2 cm³/mol. The standard InChI is InChI=1S/C14H28N4O3S/c1-4-6-9(13(20)18-10(7-22)12(16)19)17-14(21)11(15)8(3)5-2/h8-11,22H,4-7,15H2,1-3H3,(H2,16,19)(H,17,21)(H,18,20)/t8-,9-,10-,11-/m0/s1. The summed E-state index contributed by atoms with van der Waals surface area (Å²) in [7, 11) is 0. The van der Waals surface area contributed by atoms with E-state index in [1.165, 1.54) is 0 Å². The number of hydrogen-bond acceptors (Lipinski definition) is 5. The van der Waals surface area contributed by atoms with Crippen LogP contribution in [0.2, 0.25) is 0 Å². The second-order valence-electron chi connectivity index (χ2n) is 5.41. The van der Waals surface area contributed by atoms with E-state index in [0.29, 0.717) is 12.8 Å². The fraction of sp³-hybridized carbons (Fsp3) is 0.786. The summed E-state index contributed by atoms with van der Waals surface area (Å²) in [5.41, 5.74) is 11.0. The minimum Gasteiger partial charge on any atom is -0.368 e. The molecule has 0 radical (unpaired) electrons.